The van der Waals surface area contributed by atoms with E-state index in [0.29, 0.717) is 0 Å². The zero-order valence-corrected chi connectivity index (χ0v) is 33.9. The summed E-state index contributed by atoms with van der Waals surface area (Å²) in [6.07, 6.45) is 2.02. The highest BCUT2D eigenvalue weighted by molar-refractivity contribution is 7.33. The van der Waals surface area contributed by atoms with E-state index in [9.17, 15) is 0 Å². The standard InChI is InChI=1S/C47H52BN3S/c1-44(2,3)29-13-19-33(20-14-29)50-38-25-26-49-43-40(38)48(42-41(50)35-27-31(46(7,8)9)18-24-39(35)52-42)36-28-32(47(10,11)12)17-23-37(36)51(43)34-21-15-30(16-22-34)45(4,5)6/h13-28H,1-12H3. The van der Waals surface area contributed by atoms with Gasteiger partial charge in [0.15, 0.2) is 0 Å². The van der Waals surface area contributed by atoms with Gasteiger partial charge < -0.3 is 4.90 Å². The van der Waals surface area contributed by atoms with Crippen LogP contribution in [0.3, 0.4) is 0 Å². The fourth-order valence-electron chi connectivity index (χ4n) is 7.97. The van der Waals surface area contributed by atoms with Gasteiger partial charge in [-0.3, -0.25) is 4.90 Å². The smallest absolute Gasteiger partial charge is 0.266 e. The van der Waals surface area contributed by atoms with Gasteiger partial charge in [0.05, 0.1) is 5.69 Å². The Morgan fingerprint density at radius 3 is 1.58 bits per heavy atom. The van der Waals surface area contributed by atoms with Crippen molar-refractivity contribution in [2.75, 3.05) is 9.80 Å². The Balaban J connectivity index is 1.45. The number of nitrogens with zero attached hydrogens (tertiary/aromatic N) is 3. The molecule has 0 saturated heterocycles. The first kappa shape index (κ1) is 34.7. The summed E-state index contributed by atoms with van der Waals surface area (Å²) in [6.45, 7) is 27.7. The highest BCUT2D eigenvalue weighted by atomic mass is 32.1. The number of hydrogen-bond acceptors (Lipinski definition) is 4. The van der Waals surface area contributed by atoms with Crippen molar-refractivity contribution < 1.29 is 0 Å². The van der Waals surface area contributed by atoms with Gasteiger partial charge in [-0.25, -0.2) is 4.98 Å². The van der Waals surface area contributed by atoms with Crippen molar-refractivity contribution in [2.24, 2.45) is 0 Å². The van der Waals surface area contributed by atoms with Crippen LogP contribution < -0.4 is 25.5 Å². The molecule has 2 aliphatic rings. The van der Waals surface area contributed by atoms with E-state index in [-0.39, 0.29) is 28.4 Å². The summed E-state index contributed by atoms with van der Waals surface area (Å²) < 4.78 is 2.71. The first-order valence-electron chi connectivity index (χ1n) is 18.8. The number of hydrogen-bond donors (Lipinski definition) is 0. The van der Waals surface area contributed by atoms with Gasteiger partial charge in [0.25, 0.3) is 6.71 Å². The van der Waals surface area contributed by atoms with Gasteiger partial charge in [0, 0.05) is 43.8 Å². The Hall–Kier alpha value is -4.35. The first-order valence-corrected chi connectivity index (χ1v) is 19.7. The molecule has 0 fully saturated rings. The molecule has 0 bridgehead atoms. The fraction of sp³-hybridized carbons (Fsp3) is 0.340. The van der Waals surface area contributed by atoms with Crippen molar-refractivity contribution in [3.63, 3.8) is 0 Å². The van der Waals surface area contributed by atoms with Gasteiger partial charge in [-0.2, -0.15) is 0 Å². The number of pyridine rings is 1. The maximum absolute atomic E-state index is 5.26. The van der Waals surface area contributed by atoms with Gasteiger partial charge in [0.2, 0.25) is 0 Å². The van der Waals surface area contributed by atoms with Crippen LogP contribution in [0.4, 0.5) is 34.3 Å². The molecular formula is C47H52BN3S. The van der Waals surface area contributed by atoms with Crippen LogP contribution in [0, 0.1) is 0 Å². The van der Waals surface area contributed by atoms with E-state index in [4.69, 9.17) is 4.98 Å². The average molecular weight is 702 g/mol. The van der Waals surface area contributed by atoms with E-state index in [0.717, 1.165) is 11.5 Å². The van der Waals surface area contributed by atoms with Crippen molar-refractivity contribution in [1.82, 2.24) is 4.98 Å². The quantitative estimate of drug-likeness (QED) is 0.167. The minimum atomic E-state index is 0.00632. The molecule has 0 saturated carbocycles. The van der Waals surface area contributed by atoms with Crippen molar-refractivity contribution in [3.05, 3.63) is 119 Å². The summed E-state index contributed by atoms with van der Waals surface area (Å²) in [5, 5.41) is 1.32. The molecule has 2 aliphatic heterocycles. The number of benzene rings is 4. The number of aromatic nitrogens is 1. The second kappa shape index (κ2) is 11.6. The largest absolute Gasteiger partial charge is 0.310 e. The van der Waals surface area contributed by atoms with Crippen LogP contribution in [0.5, 0.6) is 0 Å². The number of fused-ring (bicyclic) bond motifs is 6. The molecule has 0 unspecified atom stereocenters. The van der Waals surface area contributed by atoms with Crippen molar-refractivity contribution in [2.45, 2.75) is 105 Å². The molecule has 0 radical (unpaired) electrons. The summed E-state index contributed by atoms with van der Waals surface area (Å²) in [6, 6.07) is 35.0. The Morgan fingerprint density at radius 1 is 0.519 bits per heavy atom. The Kier molecular flexibility index (Phi) is 7.73. The Bertz CT molecular complexity index is 2340. The van der Waals surface area contributed by atoms with Crippen molar-refractivity contribution in [3.8, 4) is 0 Å². The zero-order chi connectivity index (χ0) is 37.1. The minimum absolute atomic E-state index is 0.00632. The number of rotatable bonds is 2. The van der Waals surface area contributed by atoms with E-state index in [1.54, 1.807) is 0 Å². The van der Waals surface area contributed by atoms with Crippen LogP contribution in [0.1, 0.15) is 105 Å². The van der Waals surface area contributed by atoms with Crippen LogP contribution >= 0.6 is 11.3 Å². The van der Waals surface area contributed by atoms with Crippen LogP contribution in [0.15, 0.2) is 97.2 Å². The van der Waals surface area contributed by atoms with Crippen LogP contribution in [0.2, 0.25) is 0 Å². The minimum Gasteiger partial charge on any atom is -0.310 e. The molecule has 0 aliphatic carbocycles. The molecule has 52 heavy (non-hydrogen) atoms. The summed E-state index contributed by atoms with van der Waals surface area (Å²) >= 11 is 1.95. The second-order valence-corrected chi connectivity index (χ2v) is 20.1. The maximum atomic E-state index is 5.26. The molecule has 2 aromatic heterocycles. The lowest BCUT2D eigenvalue weighted by Crippen LogP contribution is -2.61. The van der Waals surface area contributed by atoms with E-state index >= 15 is 0 Å². The normalized spacial score (nSPS) is 14.4. The summed E-state index contributed by atoms with van der Waals surface area (Å²) in [7, 11) is 0. The summed E-state index contributed by atoms with van der Waals surface area (Å²) in [5.41, 5.74) is 14.2. The monoisotopic (exact) mass is 701 g/mol. The molecule has 264 valence electrons. The molecule has 8 rings (SSSR count). The molecular weight excluding hydrogens is 649 g/mol. The SMILES string of the molecule is CC(C)(C)c1ccc(N2c3ccc(C(C)(C)C)cc3B3c4sc5ccc(C(C)(C)C)cc5c4N(c4ccc(C(C)(C)C)cc4)c4ccnc2c43)cc1. The van der Waals surface area contributed by atoms with E-state index < -0.39 is 0 Å². The second-order valence-electron chi connectivity index (χ2n) is 19.1. The van der Waals surface area contributed by atoms with Crippen molar-refractivity contribution >= 4 is 78.1 Å². The zero-order valence-electron chi connectivity index (χ0n) is 33.1. The Morgan fingerprint density at radius 2 is 1.02 bits per heavy atom. The van der Waals surface area contributed by atoms with Gasteiger partial charge >= 0.3 is 0 Å². The van der Waals surface area contributed by atoms with E-state index in [1.807, 2.05) is 17.5 Å². The molecule has 0 N–H and O–H groups in total. The molecule has 0 amide bonds. The molecule has 4 heterocycles. The molecule has 6 aromatic rings. The molecule has 5 heteroatoms. The highest BCUT2D eigenvalue weighted by Crippen LogP contribution is 2.48. The number of thiophene rings is 1. The third-order valence-corrected chi connectivity index (χ3v) is 12.4. The number of anilines is 6. The van der Waals surface area contributed by atoms with Crippen LogP contribution in [-0.2, 0) is 21.7 Å². The average Bonchev–Trinajstić information content (AvgIpc) is 3.45. The van der Waals surface area contributed by atoms with Gasteiger partial charge in [-0.1, -0.05) is 126 Å². The molecule has 0 spiro atoms. The van der Waals surface area contributed by atoms with E-state index in [2.05, 4.69) is 184 Å². The summed E-state index contributed by atoms with van der Waals surface area (Å²) in [5.74, 6) is 1.01. The van der Waals surface area contributed by atoms with Gasteiger partial charge in [0.1, 0.15) is 5.82 Å². The third-order valence-electron chi connectivity index (χ3n) is 11.2. The predicted molar refractivity (Wildman–Crippen MR) is 228 cm³/mol. The van der Waals surface area contributed by atoms with E-state index in [1.165, 1.54) is 70.8 Å². The Labute approximate surface area is 315 Å². The maximum Gasteiger partial charge on any atom is 0.266 e. The third kappa shape index (κ3) is 5.59. The molecule has 3 nitrogen and oxygen atoms in total. The van der Waals surface area contributed by atoms with Crippen LogP contribution in [0.25, 0.3) is 10.1 Å². The lowest BCUT2D eigenvalue weighted by Gasteiger charge is -2.42. The van der Waals surface area contributed by atoms with Crippen LogP contribution in [-0.4, -0.2) is 11.7 Å². The lowest BCUT2D eigenvalue weighted by atomic mass is 9.36. The van der Waals surface area contributed by atoms with Crippen molar-refractivity contribution in [1.29, 1.82) is 0 Å². The predicted octanol–water partition coefficient (Wildman–Crippen LogP) is 11.6. The fourth-order valence-corrected chi connectivity index (χ4v) is 9.27. The van der Waals surface area contributed by atoms with Gasteiger partial charge in [-0.05, 0) is 103 Å². The van der Waals surface area contributed by atoms with Gasteiger partial charge in [-0.15, -0.1) is 11.3 Å². The topological polar surface area (TPSA) is 19.4 Å². The lowest BCUT2D eigenvalue weighted by molar-refractivity contribution is 0.590. The first-order chi connectivity index (χ1) is 24.3. The summed E-state index contributed by atoms with van der Waals surface area (Å²) in [4.78, 5) is 10.2. The molecule has 0 atom stereocenters. The highest BCUT2D eigenvalue weighted by Gasteiger charge is 2.46. The molecule has 4 aromatic carbocycles.